The van der Waals surface area contributed by atoms with E-state index in [1.54, 1.807) is 0 Å². The average molecular weight is 345 g/mol. The molecular weight excluding hydrogens is 335 g/mol. The van der Waals surface area contributed by atoms with Crippen LogP contribution in [0.4, 0.5) is 19.0 Å². The molecule has 3 rings (SSSR count). The lowest BCUT2D eigenvalue weighted by molar-refractivity contribution is -0.137. The van der Waals surface area contributed by atoms with Gasteiger partial charge in [-0.25, -0.2) is 13.1 Å². The van der Waals surface area contributed by atoms with Crippen LogP contribution in [0.2, 0.25) is 0 Å². The average Bonchev–Trinajstić information content (AvgIpc) is 2.89. The van der Waals surface area contributed by atoms with Gasteiger partial charge in [-0.05, 0) is 24.3 Å². The van der Waals surface area contributed by atoms with E-state index in [2.05, 4.69) is 5.10 Å². The number of carbonyl (C=O) groups is 1. The second-order valence-electron chi connectivity index (χ2n) is 4.99. The third-order valence-corrected chi connectivity index (χ3v) is 5.15. The second-order valence-corrected chi connectivity index (χ2v) is 6.99. The quantitative estimate of drug-likeness (QED) is 0.791. The minimum atomic E-state index is -4.47. The number of rotatable bonds is 1. The molecule has 0 unspecified atom stereocenters. The monoisotopic (exact) mass is 345 g/mol. The first-order chi connectivity index (χ1) is 10.6. The number of Topliss-reactive ketones (excluding diaryl/α,β-unsaturated/α-hetero) is 1. The number of ketones is 1. The molecule has 6 nitrogen and oxygen atoms in total. The highest BCUT2D eigenvalue weighted by Crippen LogP contribution is 2.32. The van der Waals surface area contributed by atoms with Gasteiger partial charge in [0.25, 0.3) is 0 Å². The Balaban J connectivity index is 2.12. The molecule has 0 aliphatic carbocycles. The summed E-state index contributed by atoms with van der Waals surface area (Å²) in [6, 6.07) is 4.05. The SMILES string of the molecule is CN1c2c(cnn2-c2ccc(C(F)(F)F)cc2)C(=O)CS1(=O)=O. The lowest BCUT2D eigenvalue weighted by Gasteiger charge is -2.25. The molecule has 0 spiro atoms. The van der Waals surface area contributed by atoms with E-state index >= 15 is 0 Å². The lowest BCUT2D eigenvalue weighted by atomic mass is 10.2. The summed E-state index contributed by atoms with van der Waals surface area (Å²) in [7, 11) is -2.55. The first-order valence-electron chi connectivity index (χ1n) is 6.37. The van der Waals surface area contributed by atoms with Crippen LogP contribution in [0.3, 0.4) is 0 Å². The van der Waals surface area contributed by atoms with Crippen LogP contribution < -0.4 is 4.31 Å². The number of carbonyl (C=O) groups excluding carboxylic acids is 1. The van der Waals surface area contributed by atoms with Crippen LogP contribution in [0, 0.1) is 0 Å². The van der Waals surface area contributed by atoms with Crippen LogP contribution in [0.1, 0.15) is 15.9 Å². The van der Waals surface area contributed by atoms with Crippen LogP contribution in [0.25, 0.3) is 5.69 Å². The number of nitrogens with zero attached hydrogens (tertiary/aromatic N) is 3. The number of halogens is 3. The molecule has 0 amide bonds. The van der Waals surface area contributed by atoms with E-state index in [0.29, 0.717) is 0 Å². The molecule has 0 fully saturated rings. The van der Waals surface area contributed by atoms with Gasteiger partial charge in [0, 0.05) is 7.05 Å². The fraction of sp³-hybridized carbons (Fsp3) is 0.231. The Hall–Kier alpha value is -2.36. The largest absolute Gasteiger partial charge is 0.416 e. The summed E-state index contributed by atoms with van der Waals surface area (Å²) in [4.78, 5) is 11.9. The summed E-state index contributed by atoms with van der Waals surface area (Å²) in [6.45, 7) is 0. The highest BCUT2D eigenvalue weighted by Gasteiger charge is 2.36. The van der Waals surface area contributed by atoms with Crippen LogP contribution >= 0.6 is 0 Å². The van der Waals surface area contributed by atoms with E-state index < -0.39 is 33.3 Å². The summed E-state index contributed by atoms with van der Waals surface area (Å²) >= 11 is 0. The number of sulfonamides is 1. The van der Waals surface area contributed by atoms with E-state index in [9.17, 15) is 26.4 Å². The van der Waals surface area contributed by atoms with Gasteiger partial charge in [0.15, 0.2) is 11.6 Å². The predicted molar refractivity (Wildman–Crippen MR) is 75.1 cm³/mol. The van der Waals surface area contributed by atoms with Crippen molar-refractivity contribution >= 4 is 21.6 Å². The summed E-state index contributed by atoms with van der Waals surface area (Å²) in [6.07, 6.45) is -3.27. The minimum Gasteiger partial charge on any atom is -0.293 e. The lowest BCUT2D eigenvalue weighted by Crippen LogP contribution is -2.38. The zero-order valence-corrected chi connectivity index (χ0v) is 12.5. The number of hydrogen-bond acceptors (Lipinski definition) is 4. The molecule has 10 heteroatoms. The summed E-state index contributed by atoms with van der Waals surface area (Å²) in [5, 5.41) is 3.93. The topological polar surface area (TPSA) is 72.3 Å². The van der Waals surface area contributed by atoms with Crippen LogP contribution in [-0.2, 0) is 16.2 Å². The third kappa shape index (κ3) is 2.48. The summed E-state index contributed by atoms with van der Waals surface area (Å²) in [5.41, 5.74) is -0.502. The van der Waals surface area contributed by atoms with Crippen molar-refractivity contribution in [3.05, 3.63) is 41.6 Å². The van der Waals surface area contributed by atoms with Gasteiger partial charge < -0.3 is 0 Å². The van der Waals surface area contributed by atoms with Crippen LogP contribution in [0.5, 0.6) is 0 Å². The molecule has 2 aromatic rings. The normalized spacial score (nSPS) is 17.2. The van der Waals surface area contributed by atoms with Crippen molar-refractivity contribution in [2.45, 2.75) is 6.18 Å². The standard InChI is InChI=1S/C13H10F3N3O3S/c1-18-12-10(11(20)7-23(18,21)22)6-17-19(12)9-4-2-8(3-5-9)13(14,15)16/h2-6H,7H2,1H3. The fourth-order valence-electron chi connectivity index (χ4n) is 2.29. The van der Waals surface area contributed by atoms with E-state index in [0.717, 1.165) is 33.3 Å². The van der Waals surface area contributed by atoms with Crippen molar-refractivity contribution in [2.24, 2.45) is 0 Å². The van der Waals surface area contributed by atoms with Gasteiger partial charge in [-0.3, -0.25) is 9.10 Å². The van der Waals surface area contributed by atoms with Gasteiger partial charge in [-0.1, -0.05) is 0 Å². The maximum atomic E-state index is 12.6. The molecule has 2 heterocycles. The Labute approximate surface area is 129 Å². The number of fused-ring (bicyclic) bond motifs is 1. The highest BCUT2D eigenvalue weighted by atomic mass is 32.2. The molecule has 0 radical (unpaired) electrons. The second kappa shape index (κ2) is 4.82. The van der Waals surface area contributed by atoms with E-state index in [1.807, 2.05) is 0 Å². The zero-order valence-electron chi connectivity index (χ0n) is 11.7. The Morgan fingerprint density at radius 2 is 1.78 bits per heavy atom. The molecule has 23 heavy (non-hydrogen) atoms. The predicted octanol–water partition coefficient (Wildman–Crippen LogP) is 1.85. The van der Waals surface area contributed by atoms with Gasteiger partial charge in [-0.2, -0.15) is 18.3 Å². The molecule has 1 aliphatic heterocycles. The number of anilines is 1. The molecular formula is C13H10F3N3O3S. The van der Waals surface area contributed by atoms with Gasteiger partial charge in [0.2, 0.25) is 10.0 Å². The zero-order chi connectivity index (χ0) is 17.0. The van der Waals surface area contributed by atoms with Gasteiger partial charge in [-0.15, -0.1) is 0 Å². The van der Waals surface area contributed by atoms with Gasteiger partial charge in [0.05, 0.1) is 23.0 Å². The molecule has 122 valence electrons. The molecule has 0 atom stereocenters. The number of aromatic nitrogens is 2. The molecule has 1 aliphatic rings. The minimum absolute atomic E-state index is 0.0148. The number of hydrogen-bond donors (Lipinski definition) is 0. The first kappa shape index (κ1) is 15.5. The highest BCUT2D eigenvalue weighted by molar-refractivity contribution is 7.93. The van der Waals surface area contributed by atoms with Crippen LogP contribution in [-0.4, -0.2) is 36.8 Å². The van der Waals surface area contributed by atoms with Crippen molar-refractivity contribution < 1.29 is 26.4 Å². The van der Waals surface area contributed by atoms with Gasteiger partial charge in [0.1, 0.15) is 5.75 Å². The van der Waals surface area contributed by atoms with E-state index in [-0.39, 0.29) is 17.1 Å². The molecule has 0 N–H and O–H groups in total. The van der Waals surface area contributed by atoms with Crippen LogP contribution in [0.15, 0.2) is 30.5 Å². The summed E-state index contributed by atoms with van der Waals surface area (Å²) in [5.74, 6) is -1.24. The molecule has 0 bridgehead atoms. The third-order valence-electron chi connectivity index (χ3n) is 3.51. The van der Waals surface area contributed by atoms with Gasteiger partial charge >= 0.3 is 6.18 Å². The van der Waals surface area contributed by atoms with Crippen molar-refractivity contribution in [3.63, 3.8) is 0 Å². The van der Waals surface area contributed by atoms with Crippen molar-refractivity contribution in [3.8, 4) is 5.69 Å². The maximum absolute atomic E-state index is 12.6. The Morgan fingerprint density at radius 1 is 1.17 bits per heavy atom. The molecule has 1 aromatic heterocycles. The Kier molecular flexibility index (Phi) is 3.25. The molecule has 0 saturated carbocycles. The Bertz CT molecular complexity index is 885. The first-order valence-corrected chi connectivity index (χ1v) is 7.97. The fourth-order valence-corrected chi connectivity index (χ4v) is 3.41. The number of benzene rings is 1. The van der Waals surface area contributed by atoms with E-state index in [1.165, 1.54) is 13.2 Å². The van der Waals surface area contributed by atoms with E-state index in [4.69, 9.17) is 0 Å². The van der Waals surface area contributed by atoms with Crippen molar-refractivity contribution in [1.29, 1.82) is 0 Å². The smallest absolute Gasteiger partial charge is 0.293 e. The summed E-state index contributed by atoms with van der Waals surface area (Å²) < 4.78 is 63.7. The number of alkyl halides is 3. The van der Waals surface area contributed by atoms with Crippen molar-refractivity contribution in [2.75, 3.05) is 17.1 Å². The Morgan fingerprint density at radius 3 is 2.35 bits per heavy atom. The molecule has 1 aromatic carbocycles. The molecule has 0 saturated heterocycles. The van der Waals surface area contributed by atoms with Crippen molar-refractivity contribution in [1.82, 2.24) is 9.78 Å². The maximum Gasteiger partial charge on any atom is 0.416 e.